The van der Waals surface area contributed by atoms with Crippen LogP contribution in [0.5, 0.6) is 0 Å². The van der Waals surface area contributed by atoms with Crippen LogP contribution in [0.1, 0.15) is 59.3 Å². The number of amides is 1. The molecule has 0 rings (SSSR count). The van der Waals surface area contributed by atoms with Crippen LogP contribution in [0, 0.1) is 5.92 Å². The Balaban J connectivity index is 4.88. The van der Waals surface area contributed by atoms with Crippen LogP contribution < -0.4 is 5.32 Å². The summed E-state index contributed by atoms with van der Waals surface area (Å²) >= 11 is 2.34. The van der Waals surface area contributed by atoms with E-state index in [1.54, 1.807) is 20.8 Å². The van der Waals surface area contributed by atoms with Crippen molar-refractivity contribution in [3.8, 4) is 0 Å². The van der Waals surface area contributed by atoms with Crippen LogP contribution in [0.15, 0.2) is 0 Å². The molecule has 0 aromatic heterocycles. The minimum Gasteiger partial charge on any atom is -0.469 e. The van der Waals surface area contributed by atoms with E-state index < -0.39 is 35.6 Å². The fourth-order valence-corrected chi connectivity index (χ4v) is 2.97. The lowest BCUT2D eigenvalue weighted by molar-refractivity contribution is -0.148. The van der Waals surface area contributed by atoms with E-state index in [2.05, 4.69) is 27.9 Å². The number of hydrogen-bond donors (Lipinski definition) is 1. The van der Waals surface area contributed by atoms with E-state index in [9.17, 15) is 14.4 Å². The second-order valence-corrected chi connectivity index (χ2v) is 8.15. The molecule has 0 aromatic carbocycles. The normalized spacial score (nSPS) is 13.5. The number of alkyl halides is 1. The number of esters is 2. The topological polar surface area (TPSA) is 90.9 Å². The molecule has 0 spiro atoms. The van der Waals surface area contributed by atoms with Crippen LogP contribution in [0.25, 0.3) is 0 Å². The summed E-state index contributed by atoms with van der Waals surface area (Å²) in [5, 5.41) is 2.50. The molecule has 0 saturated carbocycles. The van der Waals surface area contributed by atoms with Gasteiger partial charge in [-0.1, -0.05) is 41.9 Å². The van der Waals surface area contributed by atoms with E-state index in [0.717, 1.165) is 30.1 Å². The van der Waals surface area contributed by atoms with Crippen LogP contribution in [0.4, 0.5) is 4.79 Å². The summed E-state index contributed by atoms with van der Waals surface area (Å²) in [5.41, 5.74) is -0.689. The number of hydrogen-bond acceptors (Lipinski definition) is 6. The zero-order chi connectivity index (χ0) is 20.2. The Morgan fingerprint density at radius 3 is 2.04 bits per heavy atom. The fraction of sp³-hybridized carbons (Fsp3) is 0.833. The Morgan fingerprint density at radius 1 is 0.962 bits per heavy atom. The van der Waals surface area contributed by atoms with E-state index >= 15 is 0 Å². The first-order valence-electron chi connectivity index (χ1n) is 8.85. The van der Waals surface area contributed by atoms with Crippen LogP contribution in [0.3, 0.4) is 0 Å². The van der Waals surface area contributed by atoms with Gasteiger partial charge >= 0.3 is 18.0 Å². The van der Waals surface area contributed by atoms with Crippen LogP contribution in [-0.2, 0) is 23.8 Å². The zero-order valence-electron chi connectivity index (χ0n) is 16.4. The maximum absolute atomic E-state index is 12.1. The third kappa shape index (κ3) is 11.5. The summed E-state index contributed by atoms with van der Waals surface area (Å²) in [6.45, 7) is 5.19. The van der Waals surface area contributed by atoms with Crippen molar-refractivity contribution in [3.05, 3.63) is 0 Å². The van der Waals surface area contributed by atoms with Crippen LogP contribution in [0.2, 0.25) is 0 Å². The van der Waals surface area contributed by atoms with Gasteiger partial charge in [0.15, 0.2) is 0 Å². The SMILES string of the molecule is COC(=O)[C@@H](CCCCCCI)C[C@H](NC(=O)OC(C)(C)C)C(=O)OC. The Hall–Kier alpha value is -1.06. The fourth-order valence-electron chi connectivity index (χ4n) is 2.43. The number of ether oxygens (including phenoxy) is 3. The quantitative estimate of drug-likeness (QED) is 0.158. The summed E-state index contributed by atoms with van der Waals surface area (Å²) in [4.78, 5) is 36.1. The van der Waals surface area contributed by atoms with Gasteiger partial charge in [-0.3, -0.25) is 4.79 Å². The summed E-state index contributed by atoms with van der Waals surface area (Å²) < 4.78 is 15.9. The predicted molar refractivity (Wildman–Crippen MR) is 107 cm³/mol. The molecule has 1 N–H and O–H groups in total. The highest BCUT2D eigenvalue weighted by atomic mass is 127. The first kappa shape index (κ1) is 24.9. The molecule has 0 radical (unpaired) electrons. The number of carbonyl (C=O) groups is 3. The largest absolute Gasteiger partial charge is 0.469 e. The van der Waals surface area contributed by atoms with Crippen LogP contribution >= 0.6 is 22.6 Å². The summed E-state index contributed by atoms with van der Waals surface area (Å²) in [5.74, 6) is -1.49. The smallest absolute Gasteiger partial charge is 0.408 e. The zero-order valence-corrected chi connectivity index (χ0v) is 18.6. The molecule has 0 fully saturated rings. The van der Waals surface area contributed by atoms with Gasteiger partial charge in [-0.2, -0.15) is 0 Å². The van der Waals surface area contributed by atoms with E-state index in [1.165, 1.54) is 14.2 Å². The monoisotopic (exact) mass is 485 g/mol. The molecule has 0 aromatic rings. The molecule has 152 valence electrons. The van der Waals surface area contributed by atoms with Crippen molar-refractivity contribution in [1.82, 2.24) is 5.32 Å². The summed E-state index contributed by atoms with van der Waals surface area (Å²) in [6, 6.07) is -0.965. The third-order valence-electron chi connectivity index (χ3n) is 3.67. The average molecular weight is 485 g/mol. The third-order valence-corrected chi connectivity index (χ3v) is 4.43. The van der Waals surface area contributed by atoms with Gasteiger partial charge in [-0.05, 0) is 44.5 Å². The van der Waals surface area contributed by atoms with Gasteiger partial charge in [0.05, 0.1) is 20.1 Å². The molecule has 0 aliphatic rings. The van der Waals surface area contributed by atoms with E-state index in [-0.39, 0.29) is 6.42 Å². The Bertz CT molecular complexity index is 449. The second kappa shape index (κ2) is 13.2. The number of rotatable bonds is 11. The van der Waals surface area contributed by atoms with E-state index in [0.29, 0.717) is 6.42 Å². The second-order valence-electron chi connectivity index (χ2n) is 7.07. The molecule has 0 unspecified atom stereocenters. The highest BCUT2D eigenvalue weighted by Crippen LogP contribution is 2.19. The minimum atomic E-state index is -0.965. The van der Waals surface area contributed by atoms with E-state index in [1.807, 2.05) is 0 Å². The van der Waals surface area contributed by atoms with Gasteiger partial charge in [0.2, 0.25) is 0 Å². The Labute approximate surface area is 170 Å². The van der Waals surface area contributed by atoms with Crippen molar-refractivity contribution in [3.63, 3.8) is 0 Å². The van der Waals surface area contributed by atoms with Crippen molar-refractivity contribution in [2.75, 3.05) is 18.6 Å². The predicted octanol–water partition coefficient (Wildman–Crippen LogP) is 3.62. The van der Waals surface area contributed by atoms with Gasteiger partial charge in [0.25, 0.3) is 0 Å². The molecule has 0 aliphatic heterocycles. The molecule has 0 saturated heterocycles. The molecular weight excluding hydrogens is 453 g/mol. The number of methoxy groups -OCH3 is 2. The molecule has 2 atom stereocenters. The van der Waals surface area contributed by atoms with Crippen molar-refractivity contribution in [1.29, 1.82) is 0 Å². The van der Waals surface area contributed by atoms with Crippen molar-refractivity contribution in [2.24, 2.45) is 5.92 Å². The lowest BCUT2D eigenvalue weighted by Crippen LogP contribution is -2.45. The number of nitrogens with one attached hydrogen (secondary N) is 1. The van der Waals surface area contributed by atoms with Gasteiger partial charge in [0, 0.05) is 0 Å². The molecule has 7 nitrogen and oxygen atoms in total. The van der Waals surface area contributed by atoms with Gasteiger partial charge in [0.1, 0.15) is 11.6 Å². The standard InChI is InChI=1S/C18H32INO6/c1-18(2,3)26-17(23)20-14(16(22)25-5)12-13(15(21)24-4)10-8-6-7-9-11-19/h13-14H,6-12H2,1-5H3,(H,20,23)/t13-,14-/m0/s1. The highest BCUT2D eigenvalue weighted by molar-refractivity contribution is 14.1. The number of carbonyl (C=O) groups excluding carboxylic acids is 3. The van der Waals surface area contributed by atoms with Gasteiger partial charge < -0.3 is 19.5 Å². The maximum atomic E-state index is 12.1. The lowest BCUT2D eigenvalue weighted by atomic mass is 9.93. The molecule has 0 heterocycles. The number of halogens is 1. The van der Waals surface area contributed by atoms with Gasteiger partial charge in [-0.25, -0.2) is 9.59 Å². The van der Waals surface area contributed by atoms with Gasteiger partial charge in [-0.15, -0.1) is 0 Å². The summed E-state index contributed by atoms with van der Waals surface area (Å²) in [7, 11) is 2.56. The molecule has 0 aliphatic carbocycles. The number of alkyl carbamates (subject to hydrolysis) is 1. The lowest BCUT2D eigenvalue weighted by Gasteiger charge is -2.24. The van der Waals surface area contributed by atoms with Crippen LogP contribution in [-0.4, -0.2) is 48.3 Å². The van der Waals surface area contributed by atoms with E-state index in [4.69, 9.17) is 14.2 Å². The summed E-state index contributed by atoms with van der Waals surface area (Å²) in [6.07, 6.45) is 4.11. The first-order valence-corrected chi connectivity index (χ1v) is 10.4. The highest BCUT2D eigenvalue weighted by Gasteiger charge is 2.31. The average Bonchev–Trinajstić information content (AvgIpc) is 2.56. The number of unbranched alkanes of at least 4 members (excludes halogenated alkanes) is 3. The first-order chi connectivity index (χ1) is 12.1. The molecule has 1 amide bonds. The maximum Gasteiger partial charge on any atom is 0.408 e. The molecule has 26 heavy (non-hydrogen) atoms. The minimum absolute atomic E-state index is 0.116. The Morgan fingerprint density at radius 2 is 1.54 bits per heavy atom. The Kier molecular flexibility index (Phi) is 12.6. The molecule has 8 heteroatoms. The molecular formula is C18H32INO6. The molecule has 0 bridgehead atoms. The van der Waals surface area contributed by atoms with Crippen molar-refractivity contribution in [2.45, 2.75) is 70.9 Å². The van der Waals surface area contributed by atoms with Crippen molar-refractivity contribution >= 4 is 40.6 Å². The van der Waals surface area contributed by atoms with Crippen molar-refractivity contribution < 1.29 is 28.6 Å².